The zero-order chi connectivity index (χ0) is 22.5. The SMILES string of the molecule is Cc1ccc(S(=O)(=O)N2C(=O)c3ccccc3C2Cc2ccc3cccc(O)c3n2)cc1. The standard InChI is InChI=1S/C25H20N2O4S/c1-16-9-13-19(14-10-16)32(30,31)27-22(20-6-2-3-7-21(20)25(27)29)15-18-12-11-17-5-4-8-23(28)24(17)26-18/h2-14,22,28H,15H2,1H3. The number of amides is 1. The summed E-state index contributed by atoms with van der Waals surface area (Å²) < 4.78 is 28.0. The zero-order valence-corrected chi connectivity index (χ0v) is 18.1. The van der Waals surface area contributed by atoms with Gasteiger partial charge in [0.2, 0.25) is 0 Å². The molecule has 5 rings (SSSR count). The molecule has 1 atom stereocenters. The predicted octanol–water partition coefficient (Wildman–Crippen LogP) is 4.38. The number of aromatic nitrogens is 1. The van der Waals surface area contributed by atoms with Crippen LogP contribution >= 0.6 is 0 Å². The van der Waals surface area contributed by atoms with Crippen molar-refractivity contribution in [2.24, 2.45) is 0 Å². The number of rotatable bonds is 4. The van der Waals surface area contributed by atoms with Crippen LogP contribution in [0.1, 0.15) is 33.2 Å². The molecule has 6 nitrogen and oxygen atoms in total. The van der Waals surface area contributed by atoms with Gasteiger partial charge in [-0.15, -0.1) is 0 Å². The number of aryl methyl sites for hydroxylation is 1. The molecule has 2 heterocycles. The number of phenolic OH excluding ortho intramolecular Hbond substituents is 1. The number of para-hydroxylation sites is 1. The molecule has 0 fully saturated rings. The fraction of sp³-hybridized carbons (Fsp3) is 0.120. The predicted molar refractivity (Wildman–Crippen MR) is 121 cm³/mol. The third kappa shape index (κ3) is 3.22. The zero-order valence-electron chi connectivity index (χ0n) is 17.3. The summed E-state index contributed by atoms with van der Waals surface area (Å²) in [4.78, 5) is 17.9. The van der Waals surface area contributed by atoms with Crippen molar-refractivity contribution in [3.05, 3.63) is 101 Å². The monoisotopic (exact) mass is 444 g/mol. The molecule has 1 N–H and O–H groups in total. The van der Waals surface area contributed by atoms with Gasteiger partial charge in [-0.25, -0.2) is 17.7 Å². The lowest BCUT2D eigenvalue weighted by molar-refractivity contribution is 0.0853. The van der Waals surface area contributed by atoms with Crippen molar-refractivity contribution in [1.82, 2.24) is 9.29 Å². The molecule has 0 bridgehead atoms. The maximum atomic E-state index is 13.5. The highest BCUT2D eigenvalue weighted by Crippen LogP contribution is 2.40. The number of hydrogen-bond acceptors (Lipinski definition) is 5. The molecular weight excluding hydrogens is 424 g/mol. The summed E-state index contributed by atoms with van der Waals surface area (Å²) in [5, 5.41) is 11.0. The normalized spacial score (nSPS) is 15.8. The Hall–Kier alpha value is -3.71. The van der Waals surface area contributed by atoms with Gasteiger partial charge in [0.05, 0.1) is 10.9 Å². The van der Waals surface area contributed by atoms with Crippen molar-refractivity contribution in [1.29, 1.82) is 0 Å². The van der Waals surface area contributed by atoms with Crippen molar-refractivity contribution >= 4 is 26.8 Å². The lowest BCUT2D eigenvalue weighted by Gasteiger charge is -2.25. The number of benzene rings is 3. The van der Waals surface area contributed by atoms with Crippen molar-refractivity contribution in [3.8, 4) is 5.75 Å². The van der Waals surface area contributed by atoms with Crippen LogP contribution in [0.2, 0.25) is 0 Å². The fourth-order valence-corrected chi connectivity index (χ4v) is 5.69. The second-order valence-electron chi connectivity index (χ2n) is 7.88. The summed E-state index contributed by atoms with van der Waals surface area (Å²) in [5.41, 5.74) is 2.97. The van der Waals surface area contributed by atoms with Gasteiger partial charge < -0.3 is 5.11 Å². The van der Waals surface area contributed by atoms with E-state index in [4.69, 9.17) is 0 Å². The van der Waals surface area contributed by atoms with Gasteiger partial charge in [-0.2, -0.15) is 0 Å². The van der Waals surface area contributed by atoms with Crippen molar-refractivity contribution in [2.45, 2.75) is 24.3 Å². The number of sulfonamides is 1. The topological polar surface area (TPSA) is 87.6 Å². The van der Waals surface area contributed by atoms with Gasteiger partial charge in [-0.1, -0.05) is 54.1 Å². The highest BCUT2D eigenvalue weighted by atomic mass is 32.2. The third-order valence-corrected chi connectivity index (χ3v) is 7.58. The average molecular weight is 445 g/mol. The summed E-state index contributed by atoms with van der Waals surface area (Å²) in [6, 6.07) is 21.4. The van der Waals surface area contributed by atoms with Crippen LogP contribution in [-0.4, -0.2) is 28.7 Å². The van der Waals surface area contributed by atoms with Gasteiger partial charge >= 0.3 is 0 Å². The van der Waals surface area contributed by atoms with Crippen LogP contribution < -0.4 is 0 Å². The number of pyridine rings is 1. The molecule has 4 aromatic rings. The molecule has 1 unspecified atom stereocenters. The third-order valence-electron chi connectivity index (χ3n) is 5.77. The Morgan fingerprint density at radius 3 is 2.47 bits per heavy atom. The van der Waals surface area contributed by atoms with Crippen LogP contribution in [-0.2, 0) is 16.4 Å². The fourth-order valence-electron chi connectivity index (χ4n) is 4.15. The molecule has 0 saturated carbocycles. The van der Waals surface area contributed by atoms with E-state index in [0.717, 1.165) is 15.3 Å². The van der Waals surface area contributed by atoms with Crippen LogP contribution in [0.4, 0.5) is 0 Å². The lowest BCUT2D eigenvalue weighted by atomic mass is 10.0. The second kappa shape index (κ2) is 7.46. The molecule has 0 aliphatic carbocycles. The summed E-state index contributed by atoms with van der Waals surface area (Å²) in [6.07, 6.45) is 0.193. The summed E-state index contributed by atoms with van der Waals surface area (Å²) in [7, 11) is -4.09. The van der Waals surface area contributed by atoms with Crippen molar-refractivity contribution in [2.75, 3.05) is 0 Å². The molecule has 0 radical (unpaired) electrons. The minimum absolute atomic E-state index is 0.0522. The van der Waals surface area contributed by atoms with E-state index >= 15 is 0 Å². The molecule has 0 spiro atoms. The maximum absolute atomic E-state index is 13.5. The van der Waals surface area contributed by atoms with E-state index < -0.39 is 22.0 Å². The van der Waals surface area contributed by atoms with E-state index in [1.165, 1.54) is 12.1 Å². The number of carbonyl (C=O) groups is 1. The molecule has 3 aromatic carbocycles. The van der Waals surface area contributed by atoms with E-state index in [0.29, 0.717) is 22.3 Å². The van der Waals surface area contributed by atoms with Gasteiger partial charge in [-0.05, 0) is 42.8 Å². The van der Waals surface area contributed by atoms with Crippen LogP contribution in [0.15, 0.2) is 83.8 Å². The van der Waals surface area contributed by atoms with Crippen LogP contribution in [0.25, 0.3) is 10.9 Å². The van der Waals surface area contributed by atoms with Gasteiger partial charge in [0.15, 0.2) is 0 Å². The van der Waals surface area contributed by atoms with Crippen LogP contribution in [0.5, 0.6) is 5.75 Å². The van der Waals surface area contributed by atoms with E-state index in [2.05, 4.69) is 4.98 Å². The average Bonchev–Trinajstić information content (AvgIpc) is 3.07. The number of phenols is 1. The van der Waals surface area contributed by atoms with E-state index in [9.17, 15) is 18.3 Å². The number of fused-ring (bicyclic) bond motifs is 2. The summed E-state index contributed by atoms with van der Waals surface area (Å²) in [6.45, 7) is 1.87. The summed E-state index contributed by atoms with van der Waals surface area (Å²) in [5.74, 6) is -0.494. The number of carbonyl (C=O) groups excluding carboxylic acids is 1. The summed E-state index contributed by atoms with van der Waals surface area (Å²) >= 11 is 0. The molecule has 1 aromatic heterocycles. The highest BCUT2D eigenvalue weighted by Gasteiger charge is 2.44. The Morgan fingerprint density at radius 2 is 1.69 bits per heavy atom. The molecule has 7 heteroatoms. The van der Waals surface area contributed by atoms with Gasteiger partial charge in [0.1, 0.15) is 11.3 Å². The molecule has 0 saturated heterocycles. The first-order valence-corrected chi connectivity index (χ1v) is 11.6. The number of hydrogen-bond donors (Lipinski definition) is 1. The highest BCUT2D eigenvalue weighted by molar-refractivity contribution is 7.89. The first kappa shape index (κ1) is 20.2. The number of aromatic hydroxyl groups is 1. The Morgan fingerprint density at radius 1 is 0.938 bits per heavy atom. The number of nitrogens with zero attached hydrogens (tertiary/aromatic N) is 2. The minimum Gasteiger partial charge on any atom is -0.506 e. The second-order valence-corrected chi connectivity index (χ2v) is 9.69. The minimum atomic E-state index is -4.09. The Labute approximate surface area is 185 Å². The van der Waals surface area contributed by atoms with E-state index in [1.807, 2.05) is 19.1 Å². The van der Waals surface area contributed by atoms with Gasteiger partial charge in [0.25, 0.3) is 15.9 Å². The molecular formula is C25H20N2O4S. The Balaban J connectivity index is 1.61. The quantitative estimate of drug-likeness (QED) is 0.505. The molecule has 1 amide bonds. The van der Waals surface area contributed by atoms with Crippen molar-refractivity contribution < 1.29 is 18.3 Å². The van der Waals surface area contributed by atoms with Crippen molar-refractivity contribution in [3.63, 3.8) is 0 Å². The van der Waals surface area contributed by atoms with Crippen LogP contribution in [0, 0.1) is 6.92 Å². The first-order valence-electron chi connectivity index (χ1n) is 10.2. The first-order chi connectivity index (χ1) is 15.4. The lowest BCUT2D eigenvalue weighted by Crippen LogP contribution is -2.35. The largest absolute Gasteiger partial charge is 0.506 e. The molecule has 1 aliphatic rings. The van der Waals surface area contributed by atoms with E-state index in [-0.39, 0.29) is 17.1 Å². The Kier molecular flexibility index (Phi) is 4.71. The van der Waals surface area contributed by atoms with Gasteiger partial charge in [-0.3, -0.25) is 4.79 Å². The Bertz CT molecular complexity index is 1460. The molecule has 32 heavy (non-hydrogen) atoms. The van der Waals surface area contributed by atoms with Gasteiger partial charge in [0, 0.05) is 23.1 Å². The van der Waals surface area contributed by atoms with E-state index in [1.54, 1.807) is 54.6 Å². The maximum Gasteiger partial charge on any atom is 0.268 e. The molecule has 1 aliphatic heterocycles. The van der Waals surface area contributed by atoms with Crippen LogP contribution in [0.3, 0.4) is 0 Å². The molecule has 160 valence electrons. The smallest absolute Gasteiger partial charge is 0.268 e.